The van der Waals surface area contributed by atoms with E-state index in [-0.39, 0.29) is 23.8 Å². The summed E-state index contributed by atoms with van der Waals surface area (Å²) in [5.41, 5.74) is 0.448. The number of nitrogens with one attached hydrogen (secondary N) is 2. The Balaban J connectivity index is 1.47. The van der Waals surface area contributed by atoms with Gasteiger partial charge in [-0.15, -0.1) is 0 Å². The molecule has 4 rings (SSSR count). The zero-order chi connectivity index (χ0) is 17.6. The monoisotopic (exact) mass is 344 g/mol. The summed E-state index contributed by atoms with van der Waals surface area (Å²) in [6.45, 7) is 2.33. The largest absolute Gasteiger partial charge is 0.308 e. The molecule has 5 atom stereocenters. The van der Waals surface area contributed by atoms with Crippen LogP contribution in [0.15, 0.2) is 29.4 Å². The van der Waals surface area contributed by atoms with E-state index in [4.69, 9.17) is 0 Å². The van der Waals surface area contributed by atoms with Gasteiger partial charge in [-0.1, -0.05) is 13.3 Å². The zero-order valence-corrected chi connectivity index (χ0v) is 14.7. The quantitative estimate of drug-likeness (QED) is 0.823. The molecular weight excluding hydrogens is 319 g/mol. The highest BCUT2D eigenvalue weighted by Gasteiger charge is 2.46. The normalized spacial score (nSPS) is 34.1. The molecule has 1 saturated carbocycles. The molecule has 1 amide bonds. The lowest BCUT2D eigenvalue weighted by Crippen LogP contribution is -2.58. The van der Waals surface area contributed by atoms with Crippen LogP contribution in [-0.4, -0.2) is 36.0 Å². The maximum absolute atomic E-state index is 13.0. The first kappa shape index (κ1) is 16.5. The predicted octanol–water partition coefficient (Wildman–Crippen LogP) is 2.55. The van der Waals surface area contributed by atoms with Crippen LogP contribution in [0, 0.1) is 23.6 Å². The van der Waals surface area contributed by atoms with E-state index < -0.39 is 0 Å². The Morgan fingerprint density at radius 3 is 2.80 bits per heavy atom. The second-order valence-corrected chi connectivity index (χ2v) is 7.76. The molecule has 2 fully saturated rings. The molecule has 3 aliphatic rings. The number of carbonyl (C=O) groups excluding carboxylic acids is 1. The molecular formula is C19H25FN4O. The second-order valence-electron chi connectivity index (χ2n) is 7.76. The number of nitrogens with zero attached hydrogens (tertiary/aromatic N) is 2. The van der Waals surface area contributed by atoms with Crippen LogP contribution in [0.3, 0.4) is 0 Å². The van der Waals surface area contributed by atoms with E-state index >= 15 is 0 Å². The molecule has 25 heavy (non-hydrogen) atoms. The minimum atomic E-state index is -0.344. The van der Waals surface area contributed by atoms with Crippen molar-refractivity contribution in [3.63, 3.8) is 0 Å². The third kappa shape index (κ3) is 3.15. The number of rotatable bonds is 1. The first-order chi connectivity index (χ1) is 12.0. The highest BCUT2D eigenvalue weighted by atomic mass is 19.1. The molecule has 0 radical (unpaired) electrons. The van der Waals surface area contributed by atoms with Gasteiger partial charge in [0.05, 0.1) is 5.92 Å². The molecule has 1 saturated heterocycles. The lowest BCUT2D eigenvalue weighted by atomic mass is 9.72. The summed E-state index contributed by atoms with van der Waals surface area (Å²) in [6, 6.07) is 6.15. The van der Waals surface area contributed by atoms with E-state index in [1.165, 1.54) is 43.5 Å². The molecule has 5 nitrogen and oxygen atoms in total. The lowest BCUT2D eigenvalue weighted by Gasteiger charge is -2.45. The Morgan fingerprint density at radius 1 is 1.28 bits per heavy atom. The van der Waals surface area contributed by atoms with Gasteiger partial charge in [0.25, 0.3) is 5.91 Å². The molecule has 0 spiro atoms. The van der Waals surface area contributed by atoms with E-state index in [0.29, 0.717) is 17.5 Å². The van der Waals surface area contributed by atoms with Gasteiger partial charge >= 0.3 is 0 Å². The van der Waals surface area contributed by atoms with Gasteiger partial charge in [0.2, 0.25) is 0 Å². The molecule has 1 aliphatic carbocycles. The summed E-state index contributed by atoms with van der Waals surface area (Å²) in [5.74, 6) is 1.78. The van der Waals surface area contributed by atoms with Crippen molar-refractivity contribution < 1.29 is 9.18 Å². The van der Waals surface area contributed by atoms with Crippen LogP contribution in [0.1, 0.15) is 43.0 Å². The molecule has 1 aromatic rings. The van der Waals surface area contributed by atoms with Gasteiger partial charge < -0.3 is 5.32 Å². The smallest absolute Gasteiger partial charge is 0.256 e. The topological polar surface area (TPSA) is 56.7 Å². The Hall–Kier alpha value is -1.95. The van der Waals surface area contributed by atoms with Gasteiger partial charge in [-0.2, -0.15) is 5.10 Å². The van der Waals surface area contributed by atoms with Gasteiger partial charge in [0, 0.05) is 18.7 Å². The standard InChI is InChI=1S/C19H25FN4O/c1-11-3-4-13-10-15-17(23-24(2)18(15)21-16(13)9-11)22-19(25)12-5-7-14(20)8-6-12/h5-8,11,13,15-16,18,21H,3-4,9-10H2,1-2H3,(H,22,23,25). The van der Waals surface area contributed by atoms with Crippen molar-refractivity contribution >= 4 is 11.7 Å². The molecule has 134 valence electrons. The van der Waals surface area contributed by atoms with Crippen LogP contribution in [0.2, 0.25) is 0 Å². The minimum absolute atomic E-state index is 0.148. The maximum atomic E-state index is 13.0. The molecule has 2 heterocycles. The Morgan fingerprint density at radius 2 is 2.04 bits per heavy atom. The van der Waals surface area contributed by atoms with E-state index in [2.05, 4.69) is 22.7 Å². The van der Waals surface area contributed by atoms with E-state index in [0.717, 1.165) is 18.2 Å². The van der Waals surface area contributed by atoms with Gasteiger partial charge in [-0.3, -0.25) is 15.1 Å². The summed E-state index contributed by atoms with van der Waals surface area (Å²) in [5, 5.41) is 13.2. The van der Waals surface area contributed by atoms with Crippen LogP contribution >= 0.6 is 0 Å². The second kappa shape index (κ2) is 6.41. The molecule has 2 aliphatic heterocycles. The van der Waals surface area contributed by atoms with Gasteiger partial charge in [-0.05, 0) is 55.4 Å². The lowest BCUT2D eigenvalue weighted by molar-refractivity contribution is 0.0713. The van der Waals surface area contributed by atoms with E-state index in [1.807, 2.05) is 12.1 Å². The summed E-state index contributed by atoms with van der Waals surface area (Å²) in [7, 11) is 1.95. The van der Waals surface area contributed by atoms with E-state index in [9.17, 15) is 9.18 Å². The van der Waals surface area contributed by atoms with Crippen molar-refractivity contribution in [2.24, 2.45) is 22.9 Å². The van der Waals surface area contributed by atoms with Crippen LogP contribution in [0.4, 0.5) is 4.39 Å². The number of carbonyl (C=O) groups is 1. The number of fused-ring (bicyclic) bond motifs is 2. The predicted molar refractivity (Wildman–Crippen MR) is 94.4 cm³/mol. The highest BCUT2D eigenvalue weighted by Crippen LogP contribution is 2.39. The number of hydrogen-bond donors (Lipinski definition) is 2. The molecule has 2 N–H and O–H groups in total. The fourth-order valence-corrected chi connectivity index (χ4v) is 4.56. The van der Waals surface area contributed by atoms with Crippen LogP contribution in [0.5, 0.6) is 0 Å². The number of piperidine rings is 1. The van der Waals surface area contributed by atoms with Crippen molar-refractivity contribution in [3.05, 3.63) is 35.6 Å². The van der Waals surface area contributed by atoms with Crippen LogP contribution in [0.25, 0.3) is 0 Å². The average molecular weight is 344 g/mol. The molecule has 1 aromatic carbocycles. The number of hydrazone groups is 1. The van der Waals surface area contributed by atoms with E-state index in [1.54, 1.807) is 0 Å². The Bertz CT molecular complexity index is 689. The van der Waals surface area contributed by atoms with Crippen molar-refractivity contribution in [3.8, 4) is 0 Å². The zero-order valence-electron chi connectivity index (χ0n) is 14.7. The van der Waals surface area contributed by atoms with Crippen LogP contribution < -0.4 is 10.6 Å². The SMILES string of the molecule is CC1CCC2CC3C(NC(=O)c4ccc(F)cc4)=NN(C)C3NC2C1. The van der Waals surface area contributed by atoms with Gasteiger partial charge in [-0.25, -0.2) is 4.39 Å². The Labute approximate surface area is 147 Å². The summed E-state index contributed by atoms with van der Waals surface area (Å²) in [4.78, 5) is 12.5. The number of benzene rings is 1. The molecule has 0 aromatic heterocycles. The van der Waals surface area contributed by atoms with Crippen molar-refractivity contribution in [1.29, 1.82) is 0 Å². The fourth-order valence-electron chi connectivity index (χ4n) is 4.56. The van der Waals surface area contributed by atoms with Gasteiger partial charge in [0.1, 0.15) is 17.8 Å². The number of amides is 1. The third-order valence-corrected chi connectivity index (χ3v) is 5.95. The third-order valence-electron chi connectivity index (χ3n) is 5.95. The first-order valence-corrected chi connectivity index (χ1v) is 9.15. The first-order valence-electron chi connectivity index (χ1n) is 9.15. The van der Waals surface area contributed by atoms with Crippen molar-refractivity contribution in [2.45, 2.75) is 44.8 Å². The molecule has 6 heteroatoms. The number of halogens is 1. The number of hydrogen-bond acceptors (Lipinski definition) is 4. The Kier molecular flexibility index (Phi) is 4.23. The van der Waals surface area contributed by atoms with Crippen molar-refractivity contribution in [2.75, 3.05) is 7.05 Å². The van der Waals surface area contributed by atoms with Gasteiger partial charge in [0.15, 0.2) is 0 Å². The fraction of sp³-hybridized carbons (Fsp3) is 0.579. The summed E-state index contributed by atoms with van der Waals surface area (Å²) in [6.07, 6.45) is 4.95. The molecule has 0 bridgehead atoms. The van der Waals surface area contributed by atoms with Crippen LogP contribution in [-0.2, 0) is 0 Å². The average Bonchev–Trinajstić information content (AvgIpc) is 2.88. The summed E-state index contributed by atoms with van der Waals surface area (Å²) < 4.78 is 13.0. The minimum Gasteiger partial charge on any atom is -0.308 e. The van der Waals surface area contributed by atoms with Crippen molar-refractivity contribution in [1.82, 2.24) is 15.6 Å². The summed E-state index contributed by atoms with van der Waals surface area (Å²) >= 11 is 0. The molecule has 5 unspecified atom stereocenters. The highest BCUT2D eigenvalue weighted by molar-refractivity contribution is 6.07. The maximum Gasteiger partial charge on any atom is 0.256 e. The number of amidine groups is 1.